The second-order valence-corrected chi connectivity index (χ2v) is 4.98. The van der Waals surface area contributed by atoms with Crippen LogP contribution in [0.2, 0.25) is 0 Å². The number of carbonyl (C=O) groups is 1. The normalized spacial score (nSPS) is 13.7. The van der Waals surface area contributed by atoms with Gasteiger partial charge in [-0.05, 0) is 44.0 Å². The maximum absolute atomic E-state index is 11.7. The fraction of sp³-hybridized carbons (Fsp3) is 0.533. The summed E-state index contributed by atoms with van der Waals surface area (Å²) in [5, 5.41) is 2.93. The van der Waals surface area contributed by atoms with Gasteiger partial charge in [0, 0.05) is 6.04 Å². The third-order valence-corrected chi connectivity index (χ3v) is 3.20. The van der Waals surface area contributed by atoms with Gasteiger partial charge in [0.05, 0.1) is 13.0 Å². The van der Waals surface area contributed by atoms with Gasteiger partial charge in [0.15, 0.2) is 0 Å². The van der Waals surface area contributed by atoms with Crippen molar-refractivity contribution >= 4 is 5.91 Å². The first-order valence-electron chi connectivity index (χ1n) is 6.72. The molecule has 19 heavy (non-hydrogen) atoms. The second-order valence-electron chi connectivity index (χ2n) is 4.98. The Kier molecular flexibility index (Phi) is 6.36. The van der Waals surface area contributed by atoms with E-state index in [1.165, 1.54) is 0 Å². The lowest BCUT2D eigenvalue weighted by Crippen LogP contribution is -2.40. The first-order valence-corrected chi connectivity index (χ1v) is 6.72. The summed E-state index contributed by atoms with van der Waals surface area (Å²) < 4.78 is 5.54. The first-order chi connectivity index (χ1) is 9.02. The molecule has 0 aliphatic rings. The molecule has 106 valence electrons. The highest BCUT2D eigenvalue weighted by Gasteiger charge is 2.13. The van der Waals surface area contributed by atoms with E-state index in [4.69, 9.17) is 10.5 Å². The molecule has 0 aliphatic heterocycles. The van der Waals surface area contributed by atoms with Crippen molar-refractivity contribution in [1.82, 2.24) is 5.32 Å². The zero-order chi connectivity index (χ0) is 14.3. The molecule has 0 heterocycles. The standard InChI is InChI=1S/C15H24N2O2/c1-11-5-4-6-14(9-11)19-8-7-15(18)17-13(3)12(2)10-16/h4-6,9,12-13H,7-8,10,16H2,1-3H3,(H,17,18). The lowest BCUT2D eigenvalue weighted by atomic mass is 10.0. The molecule has 1 amide bonds. The molecule has 0 spiro atoms. The monoisotopic (exact) mass is 264 g/mol. The number of carbonyl (C=O) groups excluding carboxylic acids is 1. The highest BCUT2D eigenvalue weighted by Crippen LogP contribution is 2.12. The molecular weight excluding hydrogens is 240 g/mol. The van der Waals surface area contributed by atoms with E-state index in [1.807, 2.05) is 45.0 Å². The fourth-order valence-corrected chi connectivity index (χ4v) is 1.64. The molecular formula is C15H24N2O2. The Hall–Kier alpha value is -1.55. The van der Waals surface area contributed by atoms with Crippen molar-refractivity contribution < 1.29 is 9.53 Å². The van der Waals surface area contributed by atoms with E-state index in [2.05, 4.69) is 5.32 Å². The number of hydrogen-bond acceptors (Lipinski definition) is 3. The van der Waals surface area contributed by atoms with E-state index in [1.54, 1.807) is 0 Å². The van der Waals surface area contributed by atoms with Crippen molar-refractivity contribution in [2.45, 2.75) is 33.2 Å². The predicted molar refractivity (Wildman–Crippen MR) is 77.1 cm³/mol. The molecule has 0 aliphatic carbocycles. The van der Waals surface area contributed by atoms with Crippen LogP contribution in [0.25, 0.3) is 0 Å². The van der Waals surface area contributed by atoms with E-state index >= 15 is 0 Å². The van der Waals surface area contributed by atoms with Crippen molar-refractivity contribution in [1.29, 1.82) is 0 Å². The summed E-state index contributed by atoms with van der Waals surface area (Å²) in [7, 11) is 0. The Morgan fingerprint density at radius 3 is 2.79 bits per heavy atom. The number of rotatable bonds is 7. The second kappa shape index (κ2) is 7.79. The Morgan fingerprint density at radius 2 is 2.16 bits per heavy atom. The summed E-state index contributed by atoms with van der Waals surface area (Å²) in [6, 6.07) is 7.89. The van der Waals surface area contributed by atoms with E-state index in [-0.39, 0.29) is 17.9 Å². The Labute approximate surface area is 115 Å². The van der Waals surface area contributed by atoms with Gasteiger partial charge in [-0.25, -0.2) is 0 Å². The van der Waals surface area contributed by atoms with Crippen molar-refractivity contribution in [3.8, 4) is 5.75 Å². The first kappa shape index (κ1) is 15.5. The van der Waals surface area contributed by atoms with Gasteiger partial charge in [0.2, 0.25) is 5.91 Å². The van der Waals surface area contributed by atoms with Crippen LogP contribution in [0.15, 0.2) is 24.3 Å². The Balaban J connectivity index is 2.27. The third-order valence-electron chi connectivity index (χ3n) is 3.20. The van der Waals surface area contributed by atoms with Crippen molar-refractivity contribution in [3.05, 3.63) is 29.8 Å². The average Bonchev–Trinajstić information content (AvgIpc) is 2.37. The van der Waals surface area contributed by atoms with Crippen LogP contribution in [0.1, 0.15) is 25.8 Å². The highest BCUT2D eigenvalue weighted by atomic mass is 16.5. The summed E-state index contributed by atoms with van der Waals surface area (Å²) in [5.41, 5.74) is 6.71. The van der Waals surface area contributed by atoms with Gasteiger partial charge in [-0.15, -0.1) is 0 Å². The molecule has 1 aromatic carbocycles. The Bertz CT molecular complexity index is 407. The van der Waals surface area contributed by atoms with Crippen LogP contribution in [0.4, 0.5) is 0 Å². The smallest absolute Gasteiger partial charge is 0.223 e. The minimum absolute atomic E-state index is 0.000420. The minimum Gasteiger partial charge on any atom is -0.493 e. The van der Waals surface area contributed by atoms with Crippen LogP contribution in [-0.2, 0) is 4.79 Å². The molecule has 4 heteroatoms. The van der Waals surface area contributed by atoms with Gasteiger partial charge in [-0.2, -0.15) is 0 Å². The van der Waals surface area contributed by atoms with Gasteiger partial charge in [-0.1, -0.05) is 19.1 Å². The fourth-order valence-electron chi connectivity index (χ4n) is 1.64. The molecule has 1 aromatic rings. The molecule has 2 unspecified atom stereocenters. The number of nitrogens with two attached hydrogens (primary N) is 1. The van der Waals surface area contributed by atoms with Gasteiger partial charge >= 0.3 is 0 Å². The van der Waals surface area contributed by atoms with Crippen molar-refractivity contribution in [2.75, 3.05) is 13.2 Å². The van der Waals surface area contributed by atoms with Crippen LogP contribution in [0, 0.1) is 12.8 Å². The lowest BCUT2D eigenvalue weighted by molar-refractivity contribution is -0.122. The topological polar surface area (TPSA) is 64.3 Å². The van der Waals surface area contributed by atoms with Crippen LogP contribution in [0.5, 0.6) is 5.75 Å². The van der Waals surface area contributed by atoms with E-state index in [9.17, 15) is 4.79 Å². The summed E-state index contributed by atoms with van der Waals surface area (Å²) in [4.78, 5) is 11.7. The van der Waals surface area contributed by atoms with Crippen molar-refractivity contribution in [2.24, 2.45) is 11.7 Å². The quantitative estimate of drug-likeness (QED) is 0.790. The number of nitrogens with one attached hydrogen (secondary N) is 1. The number of hydrogen-bond donors (Lipinski definition) is 2. The summed E-state index contributed by atoms with van der Waals surface area (Å²) in [6.07, 6.45) is 0.357. The summed E-state index contributed by atoms with van der Waals surface area (Å²) in [5.74, 6) is 1.08. The predicted octanol–water partition coefficient (Wildman–Crippen LogP) is 1.86. The molecule has 0 saturated heterocycles. The maximum Gasteiger partial charge on any atom is 0.223 e. The van der Waals surface area contributed by atoms with Gasteiger partial charge in [0.25, 0.3) is 0 Å². The molecule has 0 bridgehead atoms. The number of aryl methyl sites for hydroxylation is 1. The number of amides is 1. The average molecular weight is 264 g/mol. The Morgan fingerprint density at radius 1 is 1.42 bits per heavy atom. The SMILES string of the molecule is Cc1cccc(OCCC(=O)NC(C)C(C)CN)c1. The molecule has 3 N–H and O–H groups in total. The molecule has 0 aromatic heterocycles. The van der Waals surface area contributed by atoms with Crippen LogP contribution < -0.4 is 15.8 Å². The summed E-state index contributed by atoms with van der Waals surface area (Å²) in [6.45, 7) is 6.96. The lowest BCUT2D eigenvalue weighted by Gasteiger charge is -2.19. The van der Waals surface area contributed by atoms with Crippen LogP contribution in [-0.4, -0.2) is 25.1 Å². The van der Waals surface area contributed by atoms with E-state index in [0.29, 0.717) is 19.6 Å². The molecule has 0 radical (unpaired) electrons. The van der Waals surface area contributed by atoms with Gasteiger partial charge in [0.1, 0.15) is 5.75 Å². The van der Waals surface area contributed by atoms with Gasteiger partial charge < -0.3 is 15.8 Å². The summed E-state index contributed by atoms with van der Waals surface area (Å²) >= 11 is 0. The number of benzene rings is 1. The molecule has 4 nitrogen and oxygen atoms in total. The molecule has 1 rings (SSSR count). The highest BCUT2D eigenvalue weighted by molar-refractivity contribution is 5.76. The third kappa shape index (κ3) is 5.75. The maximum atomic E-state index is 11.7. The minimum atomic E-state index is 0.000420. The molecule has 0 saturated carbocycles. The molecule has 0 fully saturated rings. The van der Waals surface area contributed by atoms with Gasteiger partial charge in [-0.3, -0.25) is 4.79 Å². The molecule has 2 atom stereocenters. The van der Waals surface area contributed by atoms with E-state index < -0.39 is 0 Å². The van der Waals surface area contributed by atoms with Crippen LogP contribution in [0.3, 0.4) is 0 Å². The van der Waals surface area contributed by atoms with Crippen molar-refractivity contribution in [3.63, 3.8) is 0 Å². The number of ether oxygens (including phenoxy) is 1. The van der Waals surface area contributed by atoms with Crippen LogP contribution >= 0.6 is 0 Å². The zero-order valence-electron chi connectivity index (χ0n) is 12.0. The zero-order valence-corrected chi connectivity index (χ0v) is 12.0. The van der Waals surface area contributed by atoms with E-state index in [0.717, 1.165) is 11.3 Å². The largest absolute Gasteiger partial charge is 0.493 e.